The molecule has 3 nitrogen and oxygen atoms in total. The number of carbonyl (C=O) groups is 1. The zero-order valence-electron chi connectivity index (χ0n) is 12.7. The Morgan fingerprint density at radius 3 is 2.75 bits per heavy atom. The van der Waals surface area contributed by atoms with E-state index in [1.807, 2.05) is 6.07 Å². The van der Waals surface area contributed by atoms with Crippen LogP contribution in [-0.4, -0.2) is 25.5 Å². The summed E-state index contributed by atoms with van der Waals surface area (Å²) >= 11 is 0. The molecule has 0 aromatic heterocycles. The average molecular weight is 274 g/mol. The molecule has 0 unspecified atom stereocenters. The minimum atomic E-state index is 0.0670. The van der Waals surface area contributed by atoms with E-state index < -0.39 is 0 Å². The molecule has 1 fully saturated rings. The smallest absolute Gasteiger partial charge is 0.251 e. The van der Waals surface area contributed by atoms with Gasteiger partial charge < -0.3 is 10.6 Å². The highest BCUT2D eigenvalue weighted by molar-refractivity contribution is 5.94. The Labute approximate surface area is 122 Å². The van der Waals surface area contributed by atoms with E-state index in [1.54, 1.807) is 0 Å². The number of piperidine rings is 1. The number of amides is 1. The van der Waals surface area contributed by atoms with Crippen molar-refractivity contribution in [2.24, 2.45) is 0 Å². The van der Waals surface area contributed by atoms with E-state index in [4.69, 9.17) is 0 Å². The molecule has 1 heterocycles. The number of rotatable bonds is 5. The highest BCUT2D eigenvalue weighted by atomic mass is 16.1. The van der Waals surface area contributed by atoms with Gasteiger partial charge in [-0.05, 0) is 62.9 Å². The molecular formula is C17H26N2O. The summed E-state index contributed by atoms with van der Waals surface area (Å²) in [5.74, 6) is 0.663. The molecule has 0 bridgehead atoms. The number of nitrogens with one attached hydrogen (secondary N) is 2. The molecule has 2 N–H and O–H groups in total. The maximum atomic E-state index is 12.2. The van der Waals surface area contributed by atoms with Gasteiger partial charge in [0.2, 0.25) is 0 Å². The van der Waals surface area contributed by atoms with Crippen LogP contribution in [0.15, 0.2) is 18.2 Å². The first-order valence-electron chi connectivity index (χ1n) is 7.81. The normalized spacial score (nSPS) is 16.1. The number of carbonyl (C=O) groups excluding carboxylic acids is 1. The number of hydrogen-bond acceptors (Lipinski definition) is 2. The van der Waals surface area contributed by atoms with Crippen LogP contribution >= 0.6 is 0 Å². The van der Waals surface area contributed by atoms with Crippen LogP contribution in [0.2, 0.25) is 0 Å². The van der Waals surface area contributed by atoms with Crippen LogP contribution in [0.25, 0.3) is 0 Å². The molecule has 1 amide bonds. The lowest BCUT2D eigenvalue weighted by Crippen LogP contribution is -2.27. The van der Waals surface area contributed by atoms with Gasteiger partial charge >= 0.3 is 0 Å². The SMILES string of the molecule is CCCCNC(=O)c1cc(C)cc(C2CCNCC2)c1. The third-order valence-electron chi connectivity index (χ3n) is 3.99. The van der Waals surface area contributed by atoms with Gasteiger partial charge in [-0.2, -0.15) is 0 Å². The van der Waals surface area contributed by atoms with E-state index in [1.165, 1.54) is 24.0 Å². The molecule has 1 aromatic carbocycles. The Morgan fingerprint density at radius 1 is 1.30 bits per heavy atom. The molecule has 0 saturated carbocycles. The molecule has 1 aromatic rings. The van der Waals surface area contributed by atoms with Crippen molar-refractivity contribution in [1.82, 2.24) is 10.6 Å². The fourth-order valence-electron chi connectivity index (χ4n) is 2.82. The maximum absolute atomic E-state index is 12.2. The summed E-state index contributed by atoms with van der Waals surface area (Å²) in [7, 11) is 0. The number of unbranched alkanes of at least 4 members (excludes halogenated alkanes) is 1. The van der Waals surface area contributed by atoms with Crippen molar-refractivity contribution in [3.8, 4) is 0 Å². The first kappa shape index (κ1) is 15.0. The van der Waals surface area contributed by atoms with E-state index in [0.717, 1.165) is 38.0 Å². The zero-order valence-corrected chi connectivity index (χ0v) is 12.7. The van der Waals surface area contributed by atoms with Crippen LogP contribution in [0.4, 0.5) is 0 Å². The second kappa shape index (κ2) is 7.44. The quantitative estimate of drug-likeness (QED) is 0.810. The van der Waals surface area contributed by atoms with Gasteiger partial charge in [0.15, 0.2) is 0 Å². The summed E-state index contributed by atoms with van der Waals surface area (Å²) < 4.78 is 0. The van der Waals surface area contributed by atoms with Crippen molar-refractivity contribution in [2.75, 3.05) is 19.6 Å². The highest BCUT2D eigenvalue weighted by Gasteiger charge is 2.17. The lowest BCUT2D eigenvalue weighted by Gasteiger charge is -2.23. The van der Waals surface area contributed by atoms with E-state index in [0.29, 0.717) is 5.92 Å². The van der Waals surface area contributed by atoms with Gasteiger partial charge in [0.05, 0.1) is 0 Å². The molecule has 1 aliphatic heterocycles. The van der Waals surface area contributed by atoms with Crippen LogP contribution in [0.3, 0.4) is 0 Å². The summed E-state index contributed by atoms with van der Waals surface area (Å²) in [5, 5.41) is 6.40. The predicted octanol–water partition coefficient (Wildman–Crippen LogP) is 2.99. The zero-order chi connectivity index (χ0) is 14.4. The molecule has 1 saturated heterocycles. The minimum Gasteiger partial charge on any atom is -0.352 e. The molecule has 0 radical (unpaired) electrons. The van der Waals surface area contributed by atoms with E-state index >= 15 is 0 Å². The topological polar surface area (TPSA) is 41.1 Å². The van der Waals surface area contributed by atoms with Crippen LogP contribution < -0.4 is 10.6 Å². The largest absolute Gasteiger partial charge is 0.352 e. The number of aryl methyl sites for hydroxylation is 1. The van der Waals surface area contributed by atoms with Gasteiger partial charge in [-0.3, -0.25) is 4.79 Å². The highest BCUT2D eigenvalue weighted by Crippen LogP contribution is 2.26. The van der Waals surface area contributed by atoms with Gasteiger partial charge in [-0.1, -0.05) is 25.0 Å². The monoisotopic (exact) mass is 274 g/mol. The summed E-state index contributed by atoms with van der Waals surface area (Å²) in [5.41, 5.74) is 3.32. The predicted molar refractivity (Wildman–Crippen MR) is 83.3 cm³/mol. The van der Waals surface area contributed by atoms with Gasteiger partial charge in [0.25, 0.3) is 5.91 Å². The average Bonchev–Trinajstić information content (AvgIpc) is 2.47. The van der Waals surface area contributed by atoms with Gasteiger partial charge in [-0.15, -0.1) is 0 Å². The third kappa shape index (κ3) is 4.07. The fourth-order valence-corrected chi connectivity index (χ4v) is 2.82. The minimum absolute atomic E-state index is 0.0670. The maximum Gasteiger partial charge on any atom is 0.251 e. The molecule has 3 heteroatoms. The van der Waals surface area contributed by atoms with Crippen molar-refractivity contribution in [2.45, 2.75) is 45.4 Å². The fraction of sp³-hybridized carbons (Fsp3) is 0.588. The molecular weight excluding hydrogens is 248 g/mol. The Morgan fingerprint density at radius 2 is 2.05 bits per heavy atom. The lowest BCUT2D eigenvalue weighted by molar-refractivity contribution is 0.0953. The first-order valence-corrected chi connectivity index (χ1v) is 7.81. The number of hydrogen-bond donors (Lipinski definition) is 2. The second-order valence-electron chi connectivity index (χ2n) is 5.77. The summed E-state index contributed by atoms with van der Waals surface area (Å²) in [6, 6.07) is 6.31. The lowest BCUT2D eigenvalue weighted by atomic mass is 9.88. The van der Waals surface area contributed by atoms with E-state index in [2.05, 4.69) is 36.6 Å². The first-order chi connectivity index (χ1) is 9.70. The summed E-state index contributed by atoms with van der Waals surface area (Å²) in [4.78, 5) is 12.2. The van der Waals surface area contributed by atoms with Gasteiger partial charge in [0.1, 0.15) is 0 Å². The third-order valence-corrected chi connectivity index (χ3v) is 3.99. The Balaban J connectivity index is 2.09. The Bertz CT molecular complexity index is 450. The van der Waals surface area contributed by atoms with E-state index in [9.17, 15) is 4.79 Å². The van der Waals surface area contributed by atoms with E-state index in [-0.39, 0.29) is 5.91 Å². The molecule has 0 aliphatic carbocycles. The standard InChI is InChI=1S/C17H26N2O/c1-3-4-7-19-17(20)16-11-13(2)10-15(12-16)14-5-8-18-9-6-14/h10-12,14,18H,3-9H2,1-2H3,(H,19,20). The molecule has 2 rings (SSSR count). The molecule has 0 atom stereocenters. The van der Waals surface area contributed by atoms with Crippen molar-refractivity contribution >= 4 is 5.91 Å². The molecule has 1 aliphatic rings. The summed E-state index contributed by atoms with van der Waals surface area (Å²) in [6.45, 7) is 7.14. The van der Waals surface area contributed by atoms with Crippen molar-refractivity contribution < 1.29 is 4.79 Å². The van der Waals surface area contributed by atoms with Crippen LogP contribution in [0.1, 0.15) is 60.0 Å². The van der Waals surface area contributed by atoms with Crippen LogP contribution in [-0.2, 0) is 0 Å². The Kier molecular flexibility index (Phi) is 5.60. The molecule has 0 spiro atoms. The van der Waals surface area contributed by atoms with Crippen LogP contribution in [0, 0.1) is 6.92 Å². The van der Waals surface area contributed by atoms with Crippen molar-refractivity contribution in [1.29, 1.82) is 0 Å². The molecule has 110 valence electrons. The Hall–Kier alpha value is -1.35. The molecule has 20 heavy (non-hydrogen) atoms. The number of benzene rings is 1. The van der Waals surface area contributed by atoms with Gasteiger partial charge in [0, 0.05) is 12.1 Å². The van der Waals surface area contributed by atoms with Gasteiger partial charge in [-0.25, -0.2) is 0 Å². The van der Waals surface area contributed by atoms with Crippen molar-refractivity contribution in [3.63, 3.8) is 0 Å². The van der Waals surface area contributed by atoms with Crippen LogP contribution in [0.5, 0.6) is 0 Å². The summed E-state index contributed by atoms with van der Waals surface area (Å²) in [6.07, 6.45) is 4.48. The second-order valence-corrected chi connectivity index (χ2v) is 5.77. The van der Waals surface area contributed by atoms with Crippen molar-refractivity contribution in [3.05, 3.63) is 34.9 Å².